The van der Waals surface area contributed by atoms with Crippen LogP contribution >= 0.6 is 0 Å². The minimum absolute atomic E-state index is 0.0183. The summed E-state index contributed by atoms with van der Waals surface area (Å²) in [6.07, 6.45) is 1.17. The maximum absolute atomic E-state index is 5.63. The van der Waals surface area contributed by atoms with Gasteiger partial charge in [-0.3, -0.25) is 0 Å². The van der Waals surface area contributed by atoms with Crippen LogP contribution in [0.2, 0.25) is 0 Å². The SMILES string of the molecule is C[C@H]1CO[C@H](C[C@H](C)c2ccccc2)O1. The Balaban J connectivity index is 1.90. The van der Waals surface area contributed by atoms with Gasteiger partial charge in [0.2, 0.25) is 0 Å². The Labute approximate surface area is 91.2 Å². The number of hydrogen-bond acceptors (Lipinski definition) is 2. The van der Waals surface area contributed by atoms with E-state index in [2.05, 4.69) is 31.2 Å². The van der Waals surface area contributed by atoms with Crippen molar-refractivity contribution in [2.45, 2.75) is 38.6 Å². The Morgan fingerprint density at radius 2 is 2.07 bits per heavy atom. The van der Waals surface area contributed by atoms with Gasteiger partial charge in [0.1, 0.15) is 0 Å². The van der Waals surface area contributed by atoms with E-state index in [9.17, 15) is 0 Å². The van der Waals surface area contributed by atoms with E-state index in [0.717, 1.165) is 13.0 Å². The Morgan fingerprint density at radius 3 is 2.67 bits per heavy atom. The summed E-state index contributed by atoms with van der Waals surface area (Å²) in [6, 6.07) is 10.5. The molecule has 2 rings (SSSR count). The van der Waals surface area contributed by atoms with Crippen molar-refractivity contribution in [1.82, 2.24) is 0 Å². The van der Waals surface area contributed by atoms with Gasteiger partial charge in [0.25, 0.3) is 0 Å². The highest BCUT2D eigenvalue weighted by molar-refractivity contribution is 5.18. The van der Waals surface area contributed by atoms with Crippen molar-refractivity contribution in [2.24, 2.45) is 0 Å². The Bertz CT molecular complexity index is 297. The maximum atomic E-state index is 5.63. The second kappa shape index (κ2) is 4.77. The van der Waals surface area contributed by atoms with Gasteiger partial charge in [-0.05, 0) is 18.4 Å². The third-order valence-electron chi connectivity index (χ3n) is 2.82. The van der Waals surface area contributed by atoms with Crippen molar-refractivity contribution in [3.8, 4) is 0 Å². The van der Waals surface area contributed by atoms with Crippen molar-refractivity contribution in [3.05, 3.63) is 35.9 Å². The highest BCUT2D eigenvalue weighted by atomic mass is 16.7. The van der Waals surface area contributed by atoms with Crippen molar-refractivity contribution in [3.63, 3.8) is 0 Å². The molecule has 1 aliphatic heterocycles. The maximum Gasteiger partial charge on any atom is 0.158 e. The first-order valence-corrected chi connectivity index (χ1v) is 5.57. The summed E-state index contributed by atoms with van der Waals surface area (Å²) < 4.78 is 11.2. The summed E-state index contributed by atoms with van der Waals surface area (Å²) in [6.45, 7) is 4.99. The fraction of sp³-hybridized carbons (Fsp3) is 0.538. The second-order valence-corrected chi connectivity index (χ2v) is 4.26. The lowest BCUT2D eigenvalue weighted by Gasteiger charge is -2.16. The molecule has 1 fully saturated rings. The first-order valence-electron chi connectivity index (χ1n) is 5.57. The number of hydrogen-bond donors (Lipinski definition) is 0. The summed E-state index contributed by atoms with van der Waals surface area (Å²) >= 11 is 0. The van der Waals surface area contributed by atoms with E-state index >= 15 is 0 Å². The lowest BCUT2D eigenvalue weighted by Crippen LogP contribution is -2.12. The highest BCUT2D eigenvalue weighted by Gasteiger charge is 2.24. The normalized spacial score (nSPS) is 27.9. The summed E-state index contributed by atoms with van der Waals surface area (Å²) in [5.41, 5.74) is 1.35. The molecule has 0 saturated carbocycles. The van der Waals surface area contributed by atoms with E-state index in [4.69, 9.17) is 9.47 Å². The van der Waals surface area contributed by atoms with Crippen molar-refractivity contribution >= 4 is 0 Å². The van der Waals surface area contributed by atoms with E-state index in [1.165, 1.54) is 5.56 Å². The van der Waals surface area contributed by atoms with Gasteiger partial charge in [-0.25, -0.2) is 0 Å². The van der Waals surface area contributed by atoms with E-state index in [1.54, 1.807) is 0 Å². The van der Waals surface area contributed by atoms with Crippen LogP contribution in [0.25, 0.3) is 0 Å². The third kappa shape index (κ3) is 2.80. The lowest BCUT2D eigenvalue weighted by atomic mass is 9.98. The van der Waals surface area contributed by atoms with Crippen molar-refractivity contribution in [1.29, 1.82) is 0 Å². The average Bonchev–Trinajstić information content (AvgIpc) is 2.65. The summed E-state index contributed by atoms with van der Waals surface area (Å²) in [4.78, 5) is 0. The second-order valence-electron chi connectivity index (χ2n) is 4.26. The van der Waals surface area contributed by atoms with Gasteiger partial charge in [-0.2, -0.15) is 0 Å². The molecule has 3 atom stereocenters. The van der Waals surface area contributed by atoms with Crippen LogP contribution in [-0.4, -0.2) is 19.0 Å². The summed E-state index contributed by atoms with van der Waals surface area (Å²) in [5, 5.41) is 0. The van der Waals surface area contributed by atoms with Gasteiger partial charge in [0, 0.05) is 6.42 Å². The standard InChI is InChI=1S/C13H18O2/c1-10(12-6-4-3-5-7-12)8-13-14-9-11(2)15-13/h3-7,10-11,13H,8-9H2,1-2H3/t10-,11-,13-/m0/s1. The van der Waals surface area contributed by atoms with Gasteiger partial charge in [0.15, 0.2) is 6.29 Å². The molecule has 1 saturated heterocycles. The van der Waals surface area contributed by atoms with Crippen LogP contribution in [-0.2, 0) is 9.47 Å². The molecule has 0 N–H and O–H groups in total. The van der Waals surface area contributed by atoms with Crippen molar-refractivity contribution < 1.29 is 9.47 Å². The van der Waals surface area contributed by atoms with Crippen LogP contribution in [0.15, 0.2) is 30.3 Å². The summed E-state index contributed by atoms with van der Waals surface area (Å²) in [5.74, 6) is 0.487. The fourth-order valence-electron chi connectivity index (χ4n) is 1.91. The molecule has 0 amide bonds. The van der Waals surface area contributed by atoms with Crippen LogP contribution in [0.1, 0.15) is 31.7 Å². The molecule has 1 aromatic carbocycles. The molecule has 0 unspecified atom stereocenters. The average molecular weight is 206 g/mol. The van der Waals surface area contributed by atoms with E-state index in [-0.39, 0.29) is 12.4 Å². The molecule has 2 heteroatoms. The minimum atomic E-state index is -0.0183. The predicted octanol–water partition coefficient (Wildman–Crippen LogP) is 2.94. The zero-order valence-corrected chi connectivity index (χ0v) is 9.35. The van der Waals surface area contributed by atoms with Crippen LogP contribution in [0, 0.1) is 0 Å². The van der Waals surface area contributed by atoms with E-state index in [0.29, 0.717) is 5.92 Å². The van der Waals surface area contributed by atoms with Crippen LogP contribution < -0.4 is 0 Å². The molecular formula is C13H18O2. The molecule has 0 radical (unpaired) electrons. The first kappa shape index (κ1) is 10.7. The predicted molar refractivity (Wildman–Crippen MR) is 59.8 cm³/mol. The summed E-state index contributed by atoms with van der Waals surface area (Å²) in [7, 11) is 0. The first-order chi connectivity index (χ1) is 7.25. The van der Waals surface area contributed by atoms with Gasteiger partial charge in [0.05, 0.1) is 12.7 Å². The topological polar surface area (TPSA) is 18.5 Å². The Kier molecular flexibility index (Phi) is 3.39. The number of rotatable bonds is 3. The minimum Gasteiger partial charge on any atom is -0.350 e. The highest BCUT2D eigenvalue weighted by Crippen LogP contribution is 2.25. The Hall–Kier alpha value is -0.860. The van der Waals surface area contributed by atoms with Crippen LogP contribution in [0.4, 0.5) is 0 Å². The van der Waals surface area contributed by atoms with Crippen LogP contribution in [0.5, 0.6) is 0 Å². The largest absolute Gasteiger partial charge is 0.350 e. The number of ether oxygens (including phenoxy) is 2. The van der Waals surface area contributed by atoms with E-state index in [1.807, 2.05) is 13.0 Å². The molecular weight excluding hydrogens is 188 g/mol. The zero-order chi connectivity index (χ0) is 10.7. The lowest BCUT2D eigenvalue weighted by molar-refractivity contribution is -0.0624. The molecule has 2 nitrogen and oxygen atoms in total. The third-order valence-corrected chi connectivity index (χ3v) is 2.82. The Morgan fingerprint density at radius 1 is 1.33 bits per heavy atom. The zero-order valence-electron chi connectivity index (χ0n) is 9.35. The van der Waals surface area contributed by atoms with E-state index < -0.39 is 0 Å². The van der Waals surface area contributed by atoms with Crippen molar-refractivity contribution in [2.75, 3.05) is 6.61 Å². The molecule has 0 bridgehead atoms. The van der Waals surface area contributed by atoms with Gasteiger partial charge in [-0.1, -0.05) is 37.3 Å². The fourth-order valence-corrected chi connectivity index (χ4v) is 1.91. The molecule has 0 spiro atoms. The monoisotopic (exact) mass is 206 g/mol. The van der Waals surface area contributed by atoms with Gasteiger partial charge in [-0.15, -0.1) is 0 Å². The molecule has 1 aliphatic rings. The smallest absolute Gasteiger partial charge is 0.158 e. The van der Waals surface area contributed by atoms with Gasteiger partial charge >= 0.3 is 0 Å². The molecule has 82 valence electrons. The van der Waals surface area contributed by atoms with Crippen LogP contribution in [0.3, 0.4) is 0 Å². The molecule has 1 heterocycles. The molecule has 0 aliphatic carbocycles. The molecule has 15 heavy (non-hydrogen) atoms. The quantitative estimate of drug-likeness (QED) is 0.757. The number of benzene rings is 1. The molecule has 0 aromatic heterocycles. The van der Waals surface area contributed by atoms with Gasteiger partial charge < -0.3 is 9.47 Å². The molecule has 1 aromatic rings.